The Morgan fingerprint density at radius 1 is 1.47 bits per heavy atom. The van der Waals surface area contributed by atoms with Crippen molar-refractivity contribution in [1.29, 1.82) is 0 Å². The normalized spacial score (nSPS) is 10.5. The van der Waals surface area contributed by atoms with Crippen molar-refractivity contribution >= 4 is 5.69 Å². The number of aryl methyl sites for hydroxylation is 1. The minimum absolute atomic E-state index is 0.107. The lowest BCUT2D eigenvalue weighted by molar-refractivity contribution is 0.269. The first kappa shape index (κ1) is 11.6. The van der Waals surface area contributed by atoms with Crippen molar-refractivity contribution in [3.63, 3.8) is 0 Å². The lowest BCUT2D eigenvalue weighted by Gasteiger charge is -2.06. The summed E-state index contributed by atoms with van der Waals surface area (Å²) in [6, 6.07) is 3.91. The molecule has 0 aliphatic rings. The second-order valence-electron chi connectivity index (χ2n) is 3.83. The lowest BCUT2D eigenvalue weighted by Crippen LogP contribution is -2.03. The van der Waals surface area contributed by atoms with Crippen LogP contribution in [0.2, 0.25) is 0 Å². The fraction of sp³-hybridized carbons (Fsp3) is 0.333. The number of anilines is 1. The number of aliphatic hydroxyl groups is 1. The molecular weight excluding hydrogens is 216 g/mol. The number of hydrogen-bond donors (Lipinski definition) is 2. The number of pyridine rings is 1. The standard InChI is InChI=1S/C12H16N4O/c1-10-12(3-2-4-13-10)14-7-11-8-15-16(9-11)5-6-17/h2-4,8-9,14,17H,5-7H2,1H3. The van der Waals surface area contributed by atoms with Crippen LogP contribution in [0.3, 0.4) is 0 Å². The van der Waals surface area contributed by atoms with Crippen molar-refractivity contribution in [3.05, 3.63) is 42.0 Å². The van der Waals surface area contributed by atoms with E-state index in [1.54, 1.807) is 17.1 Å². The molecule has 0 spiro atoms. The molecule has 0 atom stereocenters. The summed E-state index contributed by atoms with van der Waals surface area (Å²) >= 11 is 0. The van der Waals surface area contributed by atoms with Gasteiger partial charge in [-0.1, -0.05) is 0 Å². The van der Waals surface area contributed by atoms with Crippen molar-refractivity contribution in [2.45, 2.75) is 20.0 Å². The van der Waals surface area contributed by atoms with Gasteiger partial charge in [0.05, 0.1) is 30.7 Å². The van der Waals surface area contributed by atoms with Crippen LogP contribution in [-0.2, 0) is 13.1 Å². The Morgan fingerprint density at radius 2 is 2.35 bits per heavy atom. The van der Waals surface area contributed by atoms with Gasteiger partial charge in [0.25, 0.3) is 0 Å². The zero-order chi connectivity index (χ0) is 12.1. The average molecular weight is 232 g/mol. The average Bonchev–Trinajstić information content (AvgIpc) is 2.76. The van der Waals surface area contributed by atoms with Crippen molar-refractivity contribution < 1.29 is 5.11 Å². The van der Waals surface area contributed by atoms with E-state index < -0.39 is 0 Å². The monoisotopic (exact) mass is 232 g/mol. The van der Waals surface area contributed by atoms with E-state index >= 15 is 0 Å². The van der Waals surface area contributed by atoms with E-state index in [4.69, 9.17) is 5.11 Å². The number of rotatable bonds is 5. The molecule has 0 amide bonds. The quantitative estimate of drug-likeness (QED) is 0.813. The summed E-state index contributed by atoms with van der Waals surface area (Å²) in [7, 11) is 0. The molecule has 90 valence electrons. The van der Waals surface area contributed by atoms with Gasteiger partial charge in [-0.2, -0.15) is 5.10 Å². The zero-order valence-corrected chi connectivity index (χ0v) is 9.80. The summed E-state index contributed by atoms with van der Waals surface area (Å²) in [5.41, 5.74) is 3.10. The van der Waals surface area contributed by atoms with E-state index in [9.17, 15) is 0 Å². The maximum atomic E-state index is 8.79. The highest BCUT2D eigenvalue weighted by Crippen LogP contribution is 2.11. The molecule has 2 heterocycles. The van der Waals surface area contributed by atoms with Crippen LogP contribution in [-0.4, -0.2) is 26.5 Å². The lowest BCUT2D eigenvalue weighted by atomic mass is 10.3. The molecule has 5 heteroatoms. The fourth-order valence-electron chi connectivity index (χ4n) is 1.59. The zero-order valence-electron chi connectivity index (χ0n) is 9.80. The van der Waals surface area contributed by atoms with Crippen molar-refractivity contribution in [2.24, 2.45) is 0 Å². The molecule has 2 aromatic heterocycles. The minimum Gasteiger partial charge on any atom is -0.394 e. The van der Waals surface area contributed by atoms with E-state index in [1.807, 2.05) is 25.3 Å². The van der Waals surface area contributed by atoms with Crippen molar-refractivity contribution in [2.75, 3.05) is 11.9 Å². The van der Waals surface area contributed by atoms with E-state index in [0.29, 0.717) is 13.1 Å². The molecule has 0 bridgehead atoms. The third kappa shape index (κ3) is 3.04. The molecule has 0 saturated heterocycles. The highest BCUT2D eigenvalue weighted by molar-refractivity contribution is 5.46. The van der Waals surface area contributed by atoms with Gasteiger partial charge in [-0.05, 0) is 19.1 Å². The van der Waals surface area contributed by atoms with Gasteiger partial charge >= 0.3 is 0 Å². The largest absolute Gasteiger partial charge is 0.394 e. The Kier molecular flexibility index (Phi) is 3.72. The highest BCUT2D eigenvalue weighted by Gasteiger charge is 2.00. The Hall–Kier alpha value is -1.88. The molecule has 0 fully saturated rings. The van der Waals surface area contributed by atoms with Crippen LogP contribution in [0.5, 0.6) is 0 Å². The Bertz CT molecular complexity index is 481. The van der Waals surface area contributed by atoms with Crippen LogP contribution < -0.4 is 5.32 Å². The Labute approximate surface area is 100 Å². The van der Waals surface area contributed by atoms with Gasteiger partial charge in [0.1, 0.15) is 0 Å². The summed E-state index contributed by atoms with van der Waals surface area (Å²) in [6.07, 6.45) is 5.50. The molecule has 0 aliphatic heterocycles. The summed E-state index contributed by atoms with van der Waals surface area (Å²) < 4.78 is 1.73. The molecular formula is C12H16N4O. The Morgan fingerprint density at radius 3 is 3.12 bits per heavy atom. The van der Waals surface area contributed by atoms with Crippen LogP contribution in [0, 0.1) is 6.92 Å². The molecule has 0 aromatic carbocycles. The van der Waals surface area contributed by atoms with Gasteiger partial charge < -0.3 is 10.4 Å². The first-order valence-corrected chi connectivity index (χ1v) is 5.57. The maximum absolute atomic E-state index is 8.79. The fourth-order valence-corrected chi connectivity index (χ4v) is 1.59. The van der Waals surface area contributed by atoms with Gasteiger partial charge in [-0.3, -0.25) is 9.67 Å². The third-order valence-corrected chi connectivity index (χ3v) is 2.51. The van der Waals surface area contributed by atoms with E-state index in [1.165, 1.54) is 0 Å². The van der Waals surface area contributed by atoms with Crippen LogP contribution >= 0.6 is 0 Å². The van der Waals surface area contributed by atoms with Crippen molar-refractivity contribution in [3.8, 4) is 0 Å². The maximum Gasteiger partial charge on any atom is 0.0640 e. The van der Waals surface area contributed by atoms with Gasteiger partial charge in [-0.25, -0.2) is 0 Å². The van der Waals surface area contributed by atoms with Gasteiger partial charge in [0.15, 0.2) is 0 Å². The molecule has 0 aliphatic carbocycles. The topological polar surface area (TPSA) is 63.0 Å². The second-order valence-corrected chi connectivity index (χ2v) is 3.83. The number of nitrogens with zero attached hydrogens (tertiary/aromatic N) is 3. The highest BCUT2D eigenvalue weighted by atomic mass is 16.3. The minimum atomic E-state index is 0.107. The predicted octanol–water partition coefficient (Wildman–Crippen LogP) is 1.19. The number of aliphatic hydroxyl groups excluding tert-OH is 1. The van der Waals surface area contributed by atoms with Crippen LogP contribution in [0.1, 0.15) is 11.3 Å². The molecule has 0 saturated carbocycles. The molecule has 5 nitrogen and oxygen atoms in total. The van der Waals surface area contributed by atoms with Crippen LogP contribution in [0.15, 0.2) is 30.7 Å². The Balaban J connectivity index is 1.95. The first-order chi connectivity index (χ1) is 8.29. The van der Waals surface area contributed by atoms with Gasteiger partial charge in [0, 0.05) is 24.5 Å². The molecule has 0 radical (unpaired) electrons. The van der Waals surface area contributed by atoms with Gasteiger partial charge in [0.2, 0.25) is 0 Å². The number of aromatic nitrogens is 3. The first-order valence-electron chi connectivity index (χ1n) is 5.57. The van der Waals surface area contributed by atoms with Crippen LogP contribution in [0.4, 0.5) is 5.69 Å². The third-order valence-electron chi connectivity index (χ3n) is 2.51. The number of nitrogens with one attached hydrogen (secondary N) is 1. The van der Waals surface area contributed by atoms with E-state index in [2.05, 4.69) is 15.4 Å². The van der Waals surface area contributed by atoms with Crippen molar-refractivity contribution in [1.82, 2.24) is 14.8 Å². The molecule has 0 unspecified atom stereocenters. The van der Waals surface area contributed by atoms with E-state index in [0.717, 1.165) is 16.9 Å². The molecule has 2 N–H and O–H groups in total. The summed E-state index contributed by atoms with van der Waals surface area (Å²) in [5, 5.41) is 16.2. The molecule has 2 aromatic rings. The summed E-state index contributed by atoms with van der Waals surface area (Å²) in [5.74, 6) is 0. The number of hydrogen-bond acceptors (Lipinski definition) is 4. The SMILES string of the molecule is Cc1ncccc1NCc1cnn(CCO)c1. The molecule has 2 rings (SSSR count). The molecule has 17 heavy (non-hydrogen) atoms. The second kappa shape index (κ2) is 5.45. The smallest absolute Gasteiger partial charge is 0.0640 e. The van der Waals surface area contributed by atoms with Crippen LogP contribution in [0.25, 0.3) is 0 Å². The summed E-state index contributed by atoms with van der Waals surface area (Å²) in [6.45, 7) is 3.32. The van der Waals surface area contributed by atoms with Gasteiger partial charge in [-0.15, -0.1) is 0 Å². The summed E-state index contributed by atoms with van der Waals surface area (Å²) in [4.78, 5) is 4.21. The predicted molar refractivity (Wildman–Crippen MR) is 65.6 cm³/mol. The van der Waals surface area contributed by atoms with E-state index in [-0.39, 0.29) is 6.61 Å².